The summed E-state index contributed by atoms with van der Waals surface area (Å²) in [6.07, 6.45) is 17.3. The third kappa shape index (κ3) is 4.11. The molecule has 0 N–H and O–H groups in total. The lowest BCUT2D eigenvalue weighted by atomic mass is 9.72. The van der Waals surface area contributed by atoms with Crippen LogP contribution in [0.25, 0.3) is 0 Å². The van der Waals surface area contributed by atoms with Crippen LogP contribution in [0.1, 0.15) is 46.0 Å². The second-order valence-corrected chi connectivity index (χ2v) is 5.57. The predicted octanol–water partition coefficient (Wildman–Crippen LogP) is 4.58. The second-order valence-electron chi connectivity index (χ2n) is 4.99. The molecule has 0 aliphatic heterocycles. The molecule has 0 aromatic heterocycles. The van der Waals surface area contributed by atoms with Gasteiger partial charge in [-0.25, -0.2) is 0 Å². The van der Waals surface area contributed by atoms with Gasteiger partial charge in [-0.15, -0.1) is 9.24 Å². The Labute approximate surface area is 97.4 Å². The van der Waals surface area contributed by atoms with Crippen LogP contribution >= 0.6 is 9.24 Å². The maximum absolute atomic E-state index is 2.81. The molecule has 0 nitrogen and oxygen atoms in total. The number of rotatable bonds is 6. The van der Waals surface area contributed by atoms with Gasteiger partial charge in [0.25, 0.3) is 0 Å². The second kappa shape index (κ2) is 6.48. The molecule has 0 bridgehead atoms. The zero-order valence-electron chi connectivity index (χ0n) is 10.2. The maximum Gasteiger partial charge on any atom is -0.00832 e. The molecule has 0 spiro atoms. The average molecular weight is 224 g/mol. The lowest BCUT2D eigenvalue weighted by Crippen LogP contribution is -2.23. The Balaban J connectivity index is 2.24. The molecule has 0 aromatic rings. The first-order chi connectivity index (χ1) is 7.19. The summed E-state index contributed by atoms with van der Waals surface area (Å²) in [6.45, 7) is 4.73. The summed E-state index contributed by atoms with van der Waals surface area (Å²) in [7, 11) is 2.81. The highest BCUT2D eigenvalue weighted by molar-refractivity contribution is 7.16. The summed E-state index contributed by atoms with van der Waals surface area (Å²) in [5.41, 5.74) is 0.412. The van der Waals surface area contributed by atoms with E-state index in [1.165, 1.54) is 38.3 Å². The van der Waals surface area contributed by atoms with Gasteiger partial charge in [0.1, 0.15) is 0 Å². The molecule has 86 valence electrons. The van der Waals surface area contributed by atoms with Crippen LogP contribution < -0.4 is 0 Å². The summed E-state index contributed by atoms with van der Waals surface area (Å²) in [5.74, 6) is 0.698. The van der Waals surface area contributed by atoms with Crippen LogP contribution in [-0.2, 0) is 0 Å². The Morgan fingerprint density at radius 2 is 1.87 bits per heavy atom. The summed E-state index contributed by atoms with van der Waals surface area (Å²) in [5, 5.41) is 0. The normalized spacial score (nSPS) is 29.7. The van der Waals surface area contributed by atoms with E-state index >= 15 is 0 Å². The molecule has 0 amide bonds. The lowest BCUT2D eigenvalue weighted by Gasteiger charge is -2.33. The van der Waals surface area contributed by atoms with Crippen LogP contribution in [0.15, 0.2) is 24.3 Å². The number of allylic oxidation sites excluding steroid dienone is 4. The SMILES string of the molecule is CC1C=CC=CC1(C)CCCCCCP. The minimum atomic E-state index is 0.412. The molecule has 0 saturated carbocycles. The fourth-order valence-corrected chi connectivity index (χ4v) is 2.48. The van der Waals surface area contributed by atoms with Gasteiger partial charge in [-0.1, -0.05) is 57.4 Å². The lowest BCUT2D eigenvalue weighted by molar-refractivity contribution is 0.288. The van der Waals surface area contributed by atoms with E-state index in [0.29, 0.717) is 11.3 Å². The molecule has 0 aromatic carbocycles. The van der Waals surface area contributed by atoms with Gasteiger partial charge in [-0.05, 0) is 30.3 Å². The largest absolute Gasteiger partial charge is 0.138 e. The highest BCUT2D eigenvalue weighted by atomic mass is 31.0. The van der Waals surface area contributed by atoms with E-state index in [2.05, 4.69) is 47.4 Å². The van der Waals surface area contributed by atoms with Crippen molar-refractivity contribution in [1.29, 1.82) is 0 Å². The molecular weight excluding hydrogens is 199 g/mol. The standard InChI is InChI=1S/C14H25P/c1-13-9-5-7-11-14(13,2)10-6-3-4-8-12-15/h5,7,9,11,13H,3-4,6,8,10,12,15H2,1-2H3. The van der Waals surface area contributed by atoms with E-state index in [0.717, 1.165) is 0 Å². The minimum absolute atomic E-state index is 0.412. The van der Waals surface area contributed by atoms with Crippen molar-refractivity contribution >= 4 is 9.24 Å². The molecule has 0 radical (unpaired) electrons. The first-order valence-corrected chi connectivity index (χ1v) is 7.07. The first kappa shape index (κ1) is 13.0. The van der Waals surface area contributed by atoms with Crippen LogP contribution in [0.5, 0.6) is 0 Å². The quantitative estimate of drug-likeness (QED) is 0.457. The smallest absolute Gasteiger partial charge is 0.00832 e. The zero-order valence-corrected chi connectivity index (χ0v) is 11.4. The van der Waals surface area contributed by atoms with Crippen LogP contribution in [-0.4, -0.2) is 6.16 Å². The van der Waals surface area contributed by atoms with Crippen molar-refractivity contribution in [3.05, 3.63) is 24.3 Å². The maximum atomic E-state index is 2.81. The number of hydrogen-bond acceptors (Lipinski definition) is 0. The molecule has 15 heavy (non-hydrogen) atoms. The van der Waals surface area contributed by atoms with Gasteiger partial charge in [0.2, 0.25) is 0 Å². The topological polar surface area (TPSA) is 0 Å². The number of unbranched alkanes of at least 4 members (excludes halogenated alkanes) is 3. The van der Waals surface area contributed by atoms with Gasteiger partial charge in [0.15, 0.2) is 0 Å². The van der Waals surface area contributed by atoms with Gasteiger partial charge in [-0.2, -0.15) is 0 Å². The van der Waals surface area contributed by atoms with E-state index in [9.17, 15) is 0 Å². The van der Waals surface area contributed by atoms with Gasteiger partial charge < -0.3 is 0 Å². The average Bonchev–Trinajstić information content (AvgIpc) is 2.23. The van der Waals surface area contributed by atoms with E-state index in [1.54, 1.807) is 0 Å². The zero-order chi connectivity index (χ0) is 11.1. The molecule has 3 atom stereocenters. The fraction of sp³-hybridized carbons (Fsp3) is 0.714. The highest BCUT2D eigenvalue weighted by Crippen LogP contribution is 2.37. The van der Waals surface area contributed by atoms with Crippen LogP contribution in [0.3, 0.4) is 0 Å². The van der Waals surface area contributed by atoms with E-state index in [4.69, 9.17) is 0 Å². The van der Waals surface area contributed by atoms with Crippen molar-refractivity contribution in [1.82, 2.24) is 0 Å². The molecule has 0 fully saturated rings. The van der Waals surface area contributed by atoms with Crippen molar-refractivity contribution in [3.63, 3.8) is 0 Å². The molecule has 3 unspecified atom stereocenters. The molecule has 1 aliphatic carbocycles. The summed E-state index contributed by atoms with van der Waals surface area (Å²) in [6, 6.07) is 0. The van der Waals surface area contributed by atoms with Crippen LogP contribution in [0, 0.1) is 11.3 Å². The monoisotopic (exact) mass is 224 g/mol. The Morgan fingerprint density at radius 3 is 2.53 bits per heavy atom. The van der Waals surface area contributed by atoms with Gasteiger partial charge in [0, 0.05) is 0 Å². The van der Waals surface area contributed by atoms with E-state index in [1.807, 2.05) is 0 Å². The Bertz CT molecular complexity index is 229. The van der Waals surface area contributed by atoms with Crippen molar-refractivity contribution in [2.75, 3.05) is 6.16 Å². The van der Waals surface area contributed by atoms with Crippen molar-refractivity contribution in [2.24, 2.45) is 11.3 Å². The molecule has 1 heteroatoms. The molecular formula is C14H25P. The van der Waals surface area contributed by atoms with Gasteiger partial charge in [0.05, 0.1) is 0 Å². The minimum Gasteiger partial charge on any atom is -0.138 e. The summed E-state index contributed by atoms with van der Waals surface area (Å²) >= 11 is 0. The fourth-order valence-electron chi connectivity index (χ4n) is 2.19. The van der Waals surface area contributed by atoms with E-state index < -0.39 is 0 Å². The molecule has 0 heterocycles. The van der Waals surface area contributed by atoms with Crippen LogP contribution in [0.4, 0.5) is 0 Å². The predicted molar refractivity (Wildman–Crippen MR) is 73.2 cm³/mol. The van der Waals surface area contributed by atoms with Crippen molar-refractivity contribution in [2.45, 2.75) is 46.0 Å². The molecule has 0 saturated heterocycles. The molecule has 1 rings (SSSR count). The number of hydrogen-bond donors (Lipinski definition) is 0. The van der Waals surface area contributed by atoms with Crippen molar-refractivity contribution in [3.8, 4) is 0 Å². The van der Waals surface area contributed by atoms with E-state index in [-0.39, 0.29) is 0 Å². The van der Waals surface area contributed by atoms with Crippen LogP contribution in [0.2, 0.25) is 0 Å². The Morgan fingerprint density at radius 1 is 1.13 bits per heavy atom. The third-order valence-electron chi connectivity index (χ3n) is 3.70. The van der Waals surface area contributed by atoms with Crippen molar-refractivity contribution < 1.29 is 0 Å². The Kier molecular flexibility index (Phi) is 5.61. The summed E-state index contributed by atoms with van der Waals surface area (Å²) < 4.78 is 0. The van der Waals surface area contributed by atoms with Gasteiger partial charge >= 0.3 is 0 Å². The highest BCUT2D eigenvalue weighted by Gasteiger charge is 2.27. The summed E-state index contributed by atoms with van der Waals surface area (Å²) in [4.78, 5) is 0. The van der Waals surface area contributed by atoms with Gasteiger partial charge in [-0.3, -0.25) is 0 Å². The first-order valence-electron chi connectivity index (χ1n) is 6.25. The Hall–Kier alpha value is -0.0900. The molecule has 1 aliphatic rings. The third-order valence-corrected chi connectivity index (χ3v) is 4.11.